The number of carbonyl (C=O) groups excluding carboxylic acids is 1. The fraction of sp³-hybridized carbons (Fsp3) is 0.611. The summed E-state index contributed by atoms with van der Waals surface area (Å²) < 4.78 is 0. The lowest BCUT2D eigenvalue weighted by atomic mass is 10.1. The molecule has 0 aliphatic rings. The van der Waals surface area contributed by atoms with Gasteiger partial charge in [-0.05, 0) is 32.1 Å². The summed E-state index contributed by atoms with van der Waals surface area (Å²) in [5.74, 6) is -0.964. The molecule has 0 unspecified atom stereocenters. The Morgan fingerprint density at radius 2 is 1.76 bits per heavy atom. The van der Waals surface area contributed by atoms with Gasteiger partial charge in [-0.2, -0.15) is 0 Å². The van der Waals surface area contributed by atoms with E-state index in [0.29, 0.717) is 6.42 Å². The van der Waals surface area contributed by atoms with E-state index in [2.05, 4.69) is 25.2 Å². The highest BCUT2D eigenvalue weighted by molar-refractivity contribution is 5.63. The Hall–Kier alpha value is -1.35. The van der Waals surface area contributed by atoms with Crippen molar-refractivity contribution in [1.29, 1.82) is 0 Å². The van der Waals surface area contributed by atoms with Crippen LogP contribution in [0.1, 0.15) is 64.7 Å². The van der Waals surface area contributed by atoms with Crippen molar-refractivity contribution >= 4 is 5.97 Å². The van der Waals surface area contributed by atoms with E-state index in [9.17, 15) is 15.0 Å². The SMILES string of the molecule is CC/C=C\C/C=C\C=C\[C@@H](O)CCCCCCCC(=O)[O-]. The molecule has 0 aromatic carbocycles. The lowest BCUT2D eigenvalue weighted by Crippen LogP contribution is -2.21. The largest absolute Gasteiger partial charge is 0.550 e. The third-order valence-corrected chi connectivity index (χ3v) is 3.14. The Kier molecular flexibility index (Phi) is 14.1. The molecule has 0 aliphatic heterocycles. The van der Waals surface area contributed by atoms with E-state index in [-0.39, 0.29) is 12.5 Å². The molecule has 0 rings (SSSR count). The number of aliphatic hydroxyl groups is 1. The first-order valence-corrected chi connectivity index (χ1v) is 8.03. The molecule has 3 nitrogen and oxygen atoms in total. The van der Waals surface area contributed by atoms with Crippen LogP contribution in [0.4, 0.5) is 0 Å². The second kappa shape index (κ2) is 15.0. The molecule has 1 N–H and O–H groups in total. The van der Waals surface area contributed by atoms with E-state index < -0.39 is 5.97 Å². The van der Waals surface area contributed by atoms with Gasteiger partial charge in [0.15, 0.2) is 0 Å². The minimum Gasteiger partial charge on any atom is -0.550 e. The zero-order valence-corrected chi connectivity index (χ0v) is 13.2. The first-order chi connectivity index (χ1) is 10.2. The van der Waals surface area contributed by atoms with Gasteiger partial charge in [0.25, 0.3) is 0 Å². The highest BCUT2D eigenvalue weighted by Gasteiger charge is 1.98. The van der Waals surface area contributed by atoms with Crippen LogP contribution in [0.15, 0.2) is 36.5 Å². The molecule has 0 fully saturated rings. The summed E-state index contributed by atoms with van der Waals surface area (Å²) in [7, 11) is 0. The van der Waals surface area contributed by atoms with Gasteiger partial charge in [-0.25, -0.2) is 0 Å². The second-order valence-electron chi connectivity index (χ2n) is 5.17. The number of carbonyl (C=O) groups is 1. The zero-order valence-electron chi connectivity index (χ0n) is 13.2. The molecule has 0 amide bonds. The number of aliphatic hydroxyl groups excluding tert-OH is 1. The predicted molar refractivity (Wildman–Crippen MR) is 85.7 cm³/mol. The minimum atomic E-state index is -0.964. The van der Waals surface area contributed by atoms with Crippen LogP contribution in [-0.2, 0) is 4.79 Å². The highest BCUT2D eigenvalue weighted by Crippen LogP contribution is 2.09. The third kappa shape index (κ3) is 16.6. The van der Waals surface area contributed by atoms with Crippen molar-refractivity contribution < 1.29 is 15.0 Å². The van der Waals surface area contributed by atoms with Gasteiger partial charge in [0.2, 0.25) is 0 Å². The van der Waals surface area contributed by atoms with Crippen molar-refractivity contribution in [2.45, 2.75) is 70.8 Å². The third-order valence-electron chi connectivity index (χ3n) is 3.14. The van der Waals surface area contributed by atoms with Gasteiger partial charge in [0.1, 0.15) is 0 Å². The molecule has 0 aromatic heterocycles. The van der Waals surface area contributed by atoms with Crippen molar-refractivity contribution in [3.8, 4) is 0 Å². The predicted octanol–water partition coefficient (Wildman–Crippen LogP) is 3.30. The number of carboxylic acid groups (broad SMARTS) is 1. The van der Waals surface area contributed by atoms with Crippen LogP contribution >= 0.6 is 0 Å². The minimum absolute atomic E-state index is 0.158. The van der Waals surface area contributed by atoms with Crippen molar-refractivity contribution in [2.24, 2.45) is 0 Å². The van der Waals surface area contributed by atoms with E-state index in [4.69, 9.17) is 0 Å². The second-order valence-corrected chi connectivity index (χ2v) is 5.17. The number of carboxylic acids is 1. The van der Waals surface area contributed by atoms with Gasteiger partial charge in [-0.1, -0.05) is 69.1 Å². The Bertz CT molecular complexity index is 329. The lowest BCUT2D eigenvalue weighted by molar-refractivity contribution is -0.305. The van der Waals surface area contributed by atoms with Crippen LogP contribution in [0.25, 0.3) is 0 Å². The maximum absolute atomic E-state index is 10.2. The van der Waals surface area contributed by atoms with Crippen LogP contribution in [0.5, 0.6) is 0 Å². The van der Waals surface area contributed by atoms with Gasteiger partial charge >= 0.3 is 0 Å². The van der Waals surface area contributed by atoms with Crippen LogP contribution in [-0.4, -0.2) is 17.2 Å². The van der Waals surface area contributed by atoms with Crippen LogP contribution < -0.4 is 5.11 Å². The van der Waals surface area contributed by atoms with E-state index in [0.717, 1.165) is 44.9 Å². The van der Waals surface area contributed by atoms with Crippen molar-refractivity contribution in [3.63, 3.8) is 0 Å². The summed E-state index contributed by atoms with van der Waals surface area (Å²) in [5.41, 5.74) is 0. The molecule has 0 bridgehead atoms. The maximum atomic E-state index is 10.2. The number of rotatable bonds is 13. The monoisotopic (exact) mass is 293 g/mol. The van der Waals surface area contributed by atoms with Crippen LogP contribution in [0.2, 0.25) is 0 Å². The summed E-state index contributed by atoms with van der Waals surface area (Å²) in [5, 5.41) is 20.0. The summed E-state index contributed by atoms with van der Waals surface area (Å²) in [6.07, 6.45) is 19.2. The van der Waals surface area contributed by atoms with Gasteiger partial charge in [0.05, 0.1) is 6.10 Å². The average Bonchev–Trinajstić information content (AvgIpc) is 2.45. The standard InChI is InChI=1S/C18H30O3/c1-2-3-4-5-6-8-11-14-17(19)15-12-9-7-10-13-16-18(20)21/h3-4,6,8,11,14,17,19H,2,5,7,9-10,12-13,15-16H2,1H3,(H,20,21)/p-1/b4-3-,8-6-,14-11+/t17-/m1/s1. The smallest absolute Gasteiger partial charge is 0.0723 e. The van der Waals surface area contributed by atoms with Crippen LogP contribution in [0.3, 0.4) is 0 Å². The quantitative estimate of drug-likeness (QED) is 0.322. The van der Waals surface area contributed by atoms with Gasteiger partial charge in [-0.15, -0.1) is 0 Å². The highest BCUT2D eigenvalue weighted by atomic mass is 16.4. The molecule has 0 saturated carbocycles. The lowest BCUT2D eigenvalue weighted by Gasteiger charge is -2.05. The van der Waals surface area contributed by atoms with Crippen molar-refractivity contribution in [3.05, 3.63) is 36.5 Å². The fourth-order valence-corrected chi connectivity index (χ4v) is 1.94. The summed E-state index contributed by atoms with van der Waals surface area (Å²) in [4.78, 5) is 10.2. The molecule has 0 heterocycles. The first kappa shape index (κ1) is 19.7. The number of hydrogen-bond acceptors (Lipinski definition) is 3. The van der Waals surface area contributed by atoms with E-state index in [1.807, 2.05) is 18.2 Å². The van der Waals surface area contributed by atoms with Gasteiger partial charge in [0, 0.05) is 5.97 Å². The first-order valence-electron chi connectivity index (χ1n) is 8.03. The zero-order chi connectivity index (χ0) is 15.8. The topological polar surface area (TPSA) is 60.4 Å². The summed E-state index contributed by atoms with van der Waals surface area (Å²) >= 11 is 0. The molecular weight excluding hydrogens is 264 g/mol. The van der Waals surface area contributed by atoms with Gasteiger partial charge in [-0.3, -0.25) is 0 Å². The molecule has 0 aliphatic carbocycles. The maximum Gasteiger partial charge on any atom is 0.0723 e. The normalized spacial score (nSPS) is 13.6. The molecular formula is C18H29O3-. The molecule has 0 aromatic rings. The van der Waals surface area contributed by atoms with Gasteiger partial charge < -0.3 is 15.0 Å². The Morgan fingerprint density at radius 1 is 1.05 bits per heavy atom. The van der Waals surface area contributed by atoms with Crippen molar-refractivity contribution in [2.75, 3.05) is 0 Å². The average molecular weight is 293 g/mol. The van der Waals surface area contributed by atoms with E-state index in [1.165, 1.54) is 0 Å². The van der Waals surface area contributed by atoms with Crippen molar-refractivity contribution in [1.82, 2.24) is 0 Å². The molecule has 1 atom stereocenters. The number of unbranched alkanes of at least 4 members (excludes halogenated alkanes) is 4. The fourth-order valence-electron chi connectivity index (χ4n) is 1.94. The molecule has 120 valence electrons. The Balaban J connectivity index is 3.46. The molecule has 21 heavy (non-hydrogen) atoms. The molecule has 0 saturated heterocycles. The van der Waals surface area contributed by atoms with Crippen LogP contribution in [0, 0.1) is 0 Å². The summed E-state index contributed by atoms with van der Waals surface area (Å²) in [6.45, 7) is 2.11. The number of hydrogen-bond donors (Lipinski definition) is 1. The number of aliphatic carboxylic acids is 1. The Labute approximate surface area is 129 Å². The Morgan fingerprint density at radius 3 is 2.48 bits per heavy atom. The number of allylic oxidation sites excluding steroid dienone is 5. The van der Waals surface area contributed by atoms with E-state index in [1.54, 1.807) is 0 Å². The molecule has 0 spiro atoms. The van der Waals surface area contributed by atoms with E-state index >= 15 is 0 Å². The summed E-state index contributed by atoms with van der Waals surface area (Å²) in [6, 6.07) is 0. The molecule has 0 radical (unpaired) electrons. The molecule has 3 heteroatoms.